The fraction of sp³-hybridized carbons (Fsp3) is 0.891. The molecule has 0 radical (unpaired) electrons. The van der Waals surface area contributed by atoms with Gasteiger partial charge in [0.05, 0.1) is 6.61 Å². The predicted octanol–water partition coefficient (Wildman–Crippen LogP) is 18.0. The highest BCUT2D eigenvalue weighted by Crippen LogP contribution is 2.16. The van der Waals surface area contributed by atoms with Crippen molar-refractivity contribution in [2.75, 3.05) is 19.8 Å². The Bertz CT molecular complexity index is 913. The minimum atomic E-state index is -0.533. The van der Waals surface area contributed by atoms with Gasteiger partial charge in [-0.3, -0.25) is 9.59 Å². The molecule has 0 saturated heterocycles. The monoisotopic (exact) mass is 845 g/mol. The molecule has 0 aliphatic rings. The van der Waals surface area contributed by atoms with Crippen LogP contribution in [0.4, 0.5) is 0 Å². The Labute approximate surface area is 375 Å². The van der Waals surface area contributed by atoms with Gasteiger partial charge in [-0.1, -0.05) is 251 Å². The first-order valence-electron chi connectivity index (χ1n) is 26.9. The maximum absolute atomic E-state index is 12.8. The molecule has 5 nitrogen and oxygen atoms in total. The van der Waals surface area contributed by atoms with Gasteiger partial charge in [-0.2, -0.15) is 0 Å². The topological polar surface area (TPSA) is 61.8 Å². The zero-order valence-corrected chi connectivity index (χ0v) is 40.7. The lowest BCUT2D eigenvalue weighted by atomic mass is 10.0. The van der Waals surface area contributed by atoms with E-state index in [4.69, 9.17) is 14.2 Å². The van der Waals surface area contributed by atoms with E-state index in [-0.39, 0.29) is 18.5 Å². The highest BCUT2D eigenvalue weighted by molar-refractivity contribution is 5.70. The molecule has 0 aromatic heterocycles. The van der Waals surface area contributed by atoms with Gasteiger partial charge in [0.25, 0.3) is 0 Å². The minimum Gasteiger partial charge on any atom is -0.462 e. The Morgan fingerprint density at radius 3 is 1.13 bits per heavy atom. The Morgan fingerprint density at radius 1 is 0.367 bits per heavy atom. The third kappa shape index (κ3) is 49.0. The number of ether oxygens (including phenoxy) is 3. The molecule has 0 bridgehead atoms. The fourth-order valence-corrected chi connectivity index (χ4v) is 7.95. The molecule has 0 N–H and O–H groups in total. The average molecular weight is 845 g/mol. The highest BCUT2D eigenvalue weighted by Gasteiger charge is 2.17. The van der Waals surface area contributed by atoms with E-state index in [0.29, 0.717) is 26.1 Å². The van der Waals surface area contributed by atoms with Crippen LogP contribution in [-0.4, -0.2) is 37.9 Å². The summed E-state index contributed by atoms with van der Waals surface area (Å²) in [4.78, 5) is 25.4. The molecule has 1 atom stereocenters. The van der Waals surface area contributed by atoms with Crippen LogP contribution in [-0.2, 0) is 23.8 Å². The van der Waals surface area contributed by atoms with Crippen molar-refractivity contribution in [3.63, 3.8) is 0 Å². The lowest BCUT2D eigenvalue weighted by Gasteiger charge is -2.18. The van der Waals surface area contributed by atoms with Gasteiger partial charge in [-0.25, -0.2) is 0 Å². The first-order chi connectivity index (χ1) is 29.6. The van der Waals surface area contributed by atoms with Crippen LogP contribution in [0.1, 0.15) is 290 Å². The van der Waals surface area contributed by atoms with Gasteiger partial charge in [0.2, 0.25) is 0 Å². The maximum Gasteiger partial charge on any atom is 0.306 e. The van der Waals surface area contributed by atoms with Gasteiger partial charge in [-0.15, -0.1) is 0 Å². The molecule has 1 unspecified atom stereocenters. The molecular weight excluding hydrogens is 741 g/mol. The number of unbranched alkanes of at least 4 members (excludes halogenated alkanes) is 35. The summed E-state index contributed by atoms with van der Waals surface area (Å²) in [5.74, 6) is -0.394. The summed E-state index contributed by atoms with van der Waals surface area (Å²) in [5, 5.41) is 0. The van der Waals surface area contributed by atoms with Crippen LogP contribution < -0.4 is 0 Å². The van der Waals surface area contributed by atoms with Crippen LogP contribution in [0.3, 0.4) is 0 Å². The van der Waals surface area contributed by atoms with Gasteiger partial charge < -0.3 is 14.2 Å². The number of carbonyl (C=O) groups excluding carboxylic acids is 2. The second-order valence-electron chi connectivity index (χ2n) is 18.1. The van der Waals surface area contributed by atoms with Crippen LogP contribution in [0.25, 0.3) is 0 Å². The van der Waals surface area contributed by atoms with Gasteiger partial charge in [0.15, 0.2) is 6.10 Å². The molecule has 0 rings (SSSR count). The van der Waals surface area contributed by atoms with Crippen molar-refractivity contribution in [2.45, 2.75) is 297 Å². The second-order valence-corrected chi connectivity index (χ2v) is 18.1. The van der Waals surface area contributed by atoms with Crippen molar-refractivity contribution < 1.29 is 23.8 Å². The van der Waals surface area contributed by atoms with Crippen molar-refractivity contribution in [2.24, 2.45) is 0 Å². The summed E-state index contributed by atoms with van der Waals surface area (Å²) >= 11 is 0. The van der Waals surface area contributed by atoms with Gasteiger partial charge >= 0.3 is 11.9 Å². The summed E-state index contributed by atoms with van der Waals surface area (Å²) in [6.45, 7) is 7.85. The van der Waals surface area contributed by atoms with E-state index in [0.717, 1.165) is 51.4 Å². The van der Waals surface area contributed by atoms with Crippen molar-refractivity contribution >= 4 is 11.9 Å². The van der Waals surface area contributed by atoms with E-state index in [1.165, 1.54) is 205 Å². The number of hydrogen-bond acceptors (Lipinski definition) is 5. The molecule has 5 heteroatoms. The zero-order chi connectivity index (χ0) is 43.5. The van der Waals surface area contributed by atoms with Gasteiger partial charge in [0, 0.05) is 19.4 Å². The Balaban J connectivity index is 4.23. The molecule has 0 aromatic rings. The summed E-state index contributed by atoms with van der Waals surface area (Å²) in [5.41, 5.74) is 0. The van der Waals surface area contributed by atoms with Crippen LogP contribution in [0.15, 0.2) is 24.3 Å². The number of esters is 2. The lowest BCUT2D eigenvalue weighted by Crippen LogP contribution is -2.30. The predicted molar refractivity (Wildman–Crippen MR) is 261 cm³/mol. The highest BCUT2D eigenvalue weighted by atomic mass is 16.6. The number of carbonyl (C=O) groups is 2. The standard InChI is InChI=1S/C55H104O5/c1-4-7-10-13-16-19-22-25-27-29-32-35-38-41-44-47-50-58-51-53(60-55(57)49-46-43-40-37-34-30-24-21-18-15-12-9-6-3)52-59-54(56)48-45-42-39-36-33-31-28-26-23-20-17-14-11-8-5-2/h17,20,26,28,53H,4-16,18-19,21-25,27,29-52H2,1-3H3/b20-17-,28-26-. The quantitative estimate of drug-likeness (QED) is 0.0347. The second kappa shape index (κ2) is 51.7. The molecule has 0 fully saturated rings. The summed E-state index contributed by atoms with van der Waals surface area (Å²) < 4.78 is 17.4. The largest absolute Gasteiger partial charge is 0.462 e. The number of hydrogen-bond donors (Lipinski definition) is 0. The molecule has 0 heterocycles. The molecule has 0 aliphatic carbocycles. The average Bonchev–Trinajstić information content (AvgIpc) is 3.25. The molecular formula is C55H104O5. The smallest absolute Gasteiger partial charge is 0.306 e. The lowest BCUT2D eigenvalue weighted by molar-refractivity contribution is -0.163. The SMILES string of the molecule is CCCCC/C=C\C/C=C\CCCCCCCC(=O)OCC(COCCCCCCCCCCCCCCCCCC)OC(=O)CCCCCCCCCCCCCCC. The molecule has 0 spiro atoms. The Morgan fingerprint density at radius 2 is 0.700 bits per heavy atom. The van der Waals surface area contributed by atoms with E-state index in [1.807, 2.05) is 0 Å². The van der Waals surface area contributed by atoms with E-state index < -0.39 is 6.10 Å². The summed E-state index contributed by atoms with van der Waals surface area (Å²) in [6.07, 6.45) is 60.4. The molecule has 60 heavy (non-hydrogen) atoms. The van der Waals surface area contributed by atoms with E-state index >= 15 is 0 Å². The van der Waals surface area contributed by atoms with E-state index in [9.17, 15) is 9.59 Å². The van der Waals surface area contributed by atoms with Crippen LogP contribution in [0.5, 0.6) is 0 Å². The Hall–Kier alpha value is -1.62. The fourth-order valence-electron chi connectivity index (χ4n) is 7.95. The molecule has 354 valence electrons. The normalized spacial score (nSPS) is 12.2. The number of allylic oxidation sites excluding steroid dienone is 4. The summed E-state index contributed by atoms with van der Waals surface area (Å²) in [7, 11) is 0. The molecule has 0 saturated carbocycles. The van der Waals surface area contributed by atoms with Crippen LogP contribution >= 0.6 is 0 Å². The zero-order valence-electron chi connectivity index (χ0n) is 40.7. The van der Waals surface area contributed by atoms with Gasteiger partial charge in [-0.05, 0) is 51.4 Å². The minimum absolute atomic E-state index is 0.0857. The first-order valence-corrected chi connectivity index (χ1v) is 26.9. The van der Waals surface area contributed by atoms with Crippen molar-refractivity contribution in [3.8, 4) is 0 Å². The first kappa shape index (κ1) is 58.4. The maximum atomic E-state index is 12.8. The Kier molecular flexibility index (Phi) is 50.3. The van der Waals surface area contributed by atoms with E-state index in [2.05, 4.69) is 45.1 Å². The van der Waals surface area contributed by atoms with Crippen LogP contribution in [0.2, 0.25) is 0 Å². The third-order valence-corrected chi connectivity index (χ3v) is 12.0. The van der Waals surface area contributed by atoms with E-state index in [1.54, 1.807) is 0 Å². The van der Waals surface area contributed by atoms with Crippen molar-refractivity contribution in [1.82, 2.24) is 0 Å². The van der Waals surface area contributed by atoms with Crippen molar-refractivity contribution in [1.29, 1.82) is 0 Å². The van der Waals surface area contributed by atoms with Crippen molar-refractivity contribution in [3.05, 3.63) is 24.3 Å². The number of rotatable bonds is 50. The third-order valence-electron chi connectivity index (χ3n) is 12.0. The molecule has 0 aliphatic heterocycles. The van der Waals surface area contributed by atoms with Crippen LogP contribution in [0, 0.1) is 0 Å². The molecule has 0 amide bonds. The molecule has 0 aromatic carbocycles. The summed E-state index contributed by atoms with van der Waals surface area (Å²) in [6, 6.07) is 0. The van der Waals surface area contributed by atoms with Gasteiger partial charge in [0.1, 0.15) is 6.61 Å².